The summed E-state index contributed by atoms with van der Waals surface area (Å²) < 4.78 is 15.6. The molecule has 31 heavy (non-hydrogen) atoms. The van der Waals surface area contributed by atoms with Gasteiger partial charge >= 0.3 is 5.69 Å². The third-order valence-electron chi connectivity index (χ3n) is 4.09. The summed E-state index contributed by atoms with van der Waals surface area (Å²) >= 11 is 1.30. The maximum Gasteiger partial charge on any atom is 0.345 e. The molecule has 9 heteroatoms. The second-order valence-corrected chi connectivity index (χ2v) is 7.48. The third kappa shape index (κ3) is 9.99. The normalized spacial score (nSPS) is 11.3. The number of methoxy groups -OCH3 is 2. The molecule has 172 valence electrons. The molecular formula is C22H33N3O5S. The van der Waals surface area contributed by atoms with Crippen LogP contribution in [0, 0.1) is 6.92 Å². The van der Waals surface area contributed by atoms with Crippen molar-refractivity contribution in [3.05, 3.63) is 52.1 Å². The van der Waals surface area contributed by atoms with Crippen molar-refractivity contribution in [1.29, 1.82) is 0 Å². The van der Waals surface area contributed by atoms with E-state index in [1.165, 1.54) is 18.0 Å². The predicted octanol–water partition coefficient (Wildman–Crippen LogP) is 2.94. The highest BCUT2D eigenvalue weighted by Gasteiger charge is 2.21. The second kappa shape index (κ2) is 15.4. The molecule has 0 aliphatic heterocycles. The van der Waals surface area contributed by atoms with Crippen LogP contribution in [0.5, 0.6) is 5.75 Å². The van der Waals surface area contributed by atoms with E-state index in [-0.39, 0.29) is 5.91 Å². The van der Waals surface area contributed by atoms with E-state index in [2.05, 4.69) is 15.3 Å². The molecule has 8 nitrogen and oxygen atoms in total. The van der Waals surface area contributed by atoms with Gasteiger partial charge in [0.2, 0.25) is 5.91 Å². The number of thioether (sulfide) groups is 1. The van der Waals surface area contributed by atoms with Crippen LogP contribution in [-0.4, -0.2) is 55.2 Å². The van der Waals surface area contributed by atoms with E-state index in [1.54, 1.807) is 14.2 Å². The van der Waals surface area contributed by atoms with Crippen molar-refractivity contribution in [1.82, 2.24) is 15.3 Å². The first-order valence-corrected chi connectivity index (χ1v) is 11.1. The summed E-state index contributed by atoms with van der Waals surface area (Å²) in [7, 11) is 3.22. The van der Waals surface area contributed by atoms with Gasteiger partial charge < -0.3 is 24.5 Å². The van der Waals surface area contributed by atoms with Crippen LogP contribution < -0.4 is 15.7 Å². The molecule has 0 aliphatic rings. The molecule has 1 amide bonds. The van der Waals surface area contributed by atoms with Gasteiger partial charge in [0.25, 0.3) is 0 Å². The van der Waals surface area contributed by atoms with Crippen LogP contribution >= 0.6 is 11.8 Å². The monoisotopic (exact) mass is 451 g/mol. The standard InChI is InChI=1S/C20H27N3O5S.C2H6/c1-14-12-22-20(25)23-19(14)29-17(8-9-28-11-10-26-2)18(24)21-13-15-4-6-16(27-3)7-5-15;1-2/h4-7,12,17H,8-11,13H2,1-3H3,(H,21,24)(H,22,23,25);1-2H3. The SMILES string of the molecule is CC.COCCOCCC(Sc1[nH]c(=O)ncc1C)C(=O)NCc1ccc(OC)cc1. The van der Waals surface area contributed by atoms with Gasteiger partial charge in [0.15, 0.2) is 0 Å². The van der Waals surface area contributed by atoms with E-state index in [0.717, 1.165) is 16.9 Å². The summed E-state index contributed by atoms with van der Waals surface area (Å²) in [5.74, 6) is 0.636. The smallest absolute Gasteiger partial charge is 0.345 e. The van der Waals surface area contributed by atoms with E-state index in [9.17, 15) is 9.59 Å². The lowest BCUT2D eigenvalue weighted by Crippen LogP contribution is -2.33. The quantitative estimate of drug-likeness (QED) is 0.291. The van der Waals surface area contributed by atoms with Crippen LogP contribution in [0.25, 0.3) is 0 Å². The lowest BCUT2D eigenvalue weighted by Gasteiger charge is -2.17. The molecule has 1 aromatic heterocycles. The van der Waals surface area contributed by atoms with Crippen LogP contribution in [-0.2, 0) is 20.8 Å². The number of ether oxygens (including phenoxy) is 3. The van der Waals surface area contributed by atoms with Gasteiger partial charge in [0.1, 0.15) is 5.75 Å². The highest BCUT2D eigenvalue weighted by molar-refractivity contribution is 8.00. The molecule has 0 saturated heterocycles. The fourth-order valence-corrected chi connectivity index (χ4v) is 3.51. The summed E-state index contributed by atoms with van der Waals surface area (Å²) in [6.45, 7) is 7.61. The number of H-pyrrole nitrogens is 1. The van der Waals surface area contributed by atoms with E-state index in [0.29, 0.717) is 37.8 Å². The van der Waals surface area contributed by atoms with Crippen molar-refractivity contribution >= 4 is 17.7 Å². The number of carbonyl (C=O) groups is 1. The molecule has 1 atom stereocenters. The largest absolute Gasteiger partial charge is 0.497 e. The maximum absolute atomic E-state index is 12.8. The molecule has 0 fully saturated rings. The van der Waals surface area contributed by atoms with E-state index < -0.39 is 10.9 Å². The fraction of sp³-hybridized carbons (Fsp3) is 0.500. The summed E-state index contributed by atoms with van der Waals surface area (Å²) in [6, 6.07) is 7.50. The first kappa shape index (κ1) is 26.7. The number of nitrogens with zero attached hydrogens (tertiary/aromatic N) is 1. The zero-order chi connectivity index (χ0) is 23.1. The van der Waals surface area contributed by atoms with Crippen LogP contribution in [0.3, 0.4) is 0 Å². The zero-order valence-corrected chi connectivity index (χ0v) is 19.7. The molecule has 1 heterocycles. The average molecular weight is 452 g/mol. The van der Waals surface area contributed by atoms with Gasteiger partial charge in [-0.3, -0.25) is 4.79 Å². The summed E-state index contributed by atoms with van der Waals surface area (Å²) in [4.78, 5) is 30.8. The van der Waals surface area contributed by atoms with Crippen molar-refractivity contribution in [3.8, 4) is 5.75 Å². The molecule has 0 radical (unpaired) electrons. The number of benzene rings is 1. The number of hydrogen-bond donors (Lipinski definition) is 2. The van der Waals surface area contributed by atoms with E-state index in [1.807, 2.05) is 45.0 Å². The summed E-state index contributed by atoms with van der Waals surface area (Å²) in [6.07, 6.45) is 2.00. The Labute approximate surface area is 188 Å². The average Bonchev–Trinajstić information content (AvgIpc) is 2.80. The second-order valence-electron chi connectivity index (χ2n) is 6.27. The zero-order valence-electron chi connectivity index (χ0n) is 18.9. The van der Waals surface area contributed by atoms with Crippen LogP contribution in [0.4, 0.5) is 0 Å². The molecule has 0 saturated carbocycles. The third-order valence-corrected chi connectivity index (χ3v) is 5.48. The molecule has 2 rings (SSSR count). The van der Waals surface area contributed by atoms with Gasteiger partial charge in [-0.25, -0.2) is 9.78 Å². The van der Waals surface area contributed by atoms with Gasteiger partial charge in [-0.2, -0.15) is 0 Å². The van der Waals surface area contributed by atoms with Crippen molar-refractivity contribution < 1.29 is 19.0 Å². The molecule has 2 N–H and O–H groups in total. The van der Waals surface area contributed by atoms with Gasteiger partial charge in [-0.05, 0) is 36.6 Å². The minimum absolute atomic E-state index is 0.127. The minimum atomic E-state index is -0.438. The molecule has 0 aliphatic carbocycles. The number of nitrogens with one attached hydrogen (secondary N) is 2. The Hall–Kier alpha value is -2.36. The van der Waals surface area contributed by atoms with E-state index >= 15 is 0 Å². The number of aryl methyl sites for hydroxylation is 1. The maximum atomic E-state index is 12.8. The summed E-state index contributed by atoms with van der Waals surface area (Å²) in [5.41, 5.74) is 1.34. The number of aromatic amines is 1. The number of amides is 1. The highest BCUT2D eigenvalue weighted by atomic mass is 32.2. The first-order chi connectivity index (χ1) is 15.0. The summed E-state index contributed by atoms with van der Waals surface area (Å²) in [5, 5.41) is 3.16. The first-order valence-electron chi connectivity index (χ1n) is 10.2. The molecule has 1 aromatic carbocycles. The number of carbonyl (C=O) groups excluding carboxylic acids is 1. The molecule has 1 unspecified atom stereocenters. The van der Waals surface area contributed by atoms with E-state index in [4.69, 9.17) is 14.2 Å². The van der Waals surface area contributed by atoms with Gasteiger partial charge in [-0.15, -0.1) is 0 Å². The van der Waals surface area contributed by atoms with Crippen molar-refractivity contribution in [2.45, 2.75) is 44.0 Å². The van der Waals surface area contributed by atoms with Gasteiger partial charge in [0, 0.05) is 26.5 Å². The minimum Gasteiger partial charge on any atom is -0.497 e. The van der Waals surface area contributed by atoms with Crippen molar-refractivity contribution in [3.63, 3.8) is 0 Å². The molecular weight excluding hydrogens is 418 g/mol. The Morgan fingerprint density at radius 1 is 1.16 bits per heavy atom. The van der Waals surface area contributed by atoms with Crippen LogP contribution in [0.1, 0.15) is 31.4 Å². The fourth-order valence-electron chi connectivity index (χ4n) is 2.43. The predicted molar refractivity (Wildman–Crippen MR) is 123 cm³/mol. The van der Waals surface area contributed by atoms with Crippen LogP contribution in [0.15, 0.2) is 40.3 Å². The highest BCUT2D eigenvalue weighted by Crippen LogP contribution is 2.25. The topological polar surface area (TPSA) is 103 Å². The Morgan fingerprint density at radius 2 is 1.87 bits per heavy atom. The lowest BCUT2D eigenvalue weighted by molar-refractivity contribution is -0.121. The molecule has 0 bridgehead atoms. The van der Waals surface area contributed by atoms with Crippen molar-refractivity contribution in [2.75, 3.05) is 34.0 Å². The molecule has 2 aromatic rings. The Morgan fingerprint density at radius 3 is 2.52 bits per heavy atom. The number of rotatable bonds is 12. The van der Waals surface area contributed by atoms with Gasteiger partial charge in [-0.1, -0.05) is 37.7 Å². The van der Waals surface area contributed by atoms with Gasteiger partial charge in [0.05, 0.1) is 30.6 Å². The molecule has 0 spiro atoms. The van der Waals surface area contributed by atoms with Crippen molar-refractivity contribution in [2.24, 2.45) is 0 Å². The number of aromatic nitrogens is 2. The van der Waals surface area contributed by atoms with Crippen LogP contribution in [0.2, 0.25) is 0 Å². The Balaban J connectivity index is 0.00000233. The Bertz CT molecular complexity index is 827. The Kier molecular flexibility index (Phi) is 13.3. The number of hydrogen-bond acceptors (Lipinski definition) is 7. The lowest BCUT2D eigenvalue weighted by atomic mass is 10.2.